The molecule has 0 saturated carbocycles. The number of fused-ring (bicyclic) bond motifs is 1. The molecule has 1 N–H and O–H groups in total. The Labute approximate surface area is 207 Å². The number of ketones is 2. The van der Waals surface area contributed by atoms with E-state index in [0.717, 1.165) is 0 Å². The van der Waals surface area contributed by atoms with E-state index >= 15 is 0 Å². The number of carbonyl (C=O) groups excluding carboxylic acids is 4. The SMILES string of the molecule is CCOC(=O)c1cccc(NC(=O)CN2C(C(=O)c3ccccc3)C(=O)c3ccccc3S2(=O)=O)c1. The van der Waals surface area contributed by atoms with Crippen molar-refractivity contribution in [3.63, 3.8) is 0 Å². The first-order chi connectivity index (χ1) is 17.2. The van der Waals surface area contributed by atoms with Crippen LogP contribution in [-0.2, 0) is 19.6 Å². The number of Topliss-reactive ketones (excluding diaryl/α,β-unsaturated/α-hetero) is 2. The molecule has 4 rings (SSSR count). The van der Waals surface area contributed by atoms with Crippen molar-refractivity contribution in [1.82, 2.24) is 4.31 Å². The third-order valence-electron chi connectivity index (χ3n) is 5.54. The van der Waals surface area contributed by atoms with E-state index in [1.807, 2.05) is 0 Å². The van der Waals surface area contributed by atoms with Gasteiger partial charge in [0.15, 0.2) is 17.6 Å². The number of nitrogens with zero attached hydrogens (tertiary/aromatic N) is 1. The Morgan fingerprint density at radius 1 is 0.917 bits per heavy atom. The zero-order valence-electron chi connectivity index (χ0n) is 19.2. The summed E-state index contributed by atoms with van der Waals surface area (Å²) in [5.41, 5.74) is 0.447. The van der Waals surface area contributed by atoms with Crippen molar-refractivity contribution in [3.8, 4) is 0 Å². The van der Waals surface area contributed by atoms with Gasteiger partial charge in [0.05, 0.1) is 23.6 Å². The Bertz CT molecular complexity index is 1450. The van der Waals surface area contributed by atoms with Crippen LogP contribution < -0.4 is 5.32 Å². The van der Waals surface area contributed by atoms with Crippen molar-refractivity contribution in [2.45, 2.75) is 17.9 Å². The summed E-state index contributed by atoms with van der Waals surface area (Å²) in [6.07, 6.45) is 0. The zero-order chi connectivity index (χ0) is 25.9. The first-order valence-corrected chi connectivity index (χ1v) is 12.5. The highest BCUT2D eigenvalue weighted by atomic mass is 32.2. The van der Waals surface area contributed by atoms with Crippen molar-refractivity contribution >= 4 is 39.2 Å². The van der Waals surface area contributed by atoms with Gasteiger partial charge in [0.1, 0.15) is 0 Å². The van der Waals surface area contributed by atoms with E-state index in [1.165, 1.54) is 60.7 Å². The van der Waals surface area contributed by atoms with Gasteiger partial charge in [-0.25, -0.2) is 13.2 Å². The molecule has 0 fully saturated rings. The maximum Gasteiger partial charge on any atom is 0.338 e. The van der Waals surface area contributed by atoms with Crippen molar-refractivity contribution in [1.29, 1.82) is 0 Å². The van der Waals surface area contributed by atoms with Gasteiger partial charge in [0.2, 0.25) is 15.9 Å². The molecule has 1 heterocycles. The quantitative estimate of drug-likeness (QED) is 0.297. The summed E-state index contributed by atoms with van der Waals surface area (Å²) in [5, 5.41) is 2.53. The average molecular weight is 507 g/mol. The van der Waals surface area contributed by atoms with Crippen LogP contribution in [-0.4, -0.2) is 55.4 Å². The molecule has 0 aliphatic carbocycles. The lowest BCUT2D eigenvalue weighted by Crippen LogP contribution is -2.55. The van der Waals surface area contributed by atoms with E-state index in [9.17, 15) is 27.6 Å². The second kappa shape index (κ2) is 10.2. The van der Waals surface area contributed by atoms with Gasteiger partial charge in [-0.05, 0) is 37.3 Å². The molecule has 1 aliphatic rings. The largest absolute Gasteiger partial charge is 0.462 e. The summed E-state index contributed by atoms with van der Waals surface area (Å²) in [5.74, 6) is -2.83. The minimum absolute atomic E-state index is 0.106. The maximum absolute atomic E-state index is 13.5. The number of hydrogen-bond acceptors (Lipinski definition) is 7. The molecule has 3 aromatic carbocycles. The normalized spacial score (nSPS) is 16.6. The summed E-state index contributed by atoms with van der Waals surface area (Å²) in [7, 11) is -4.38. The molecule has 0 saturated heterocycles. The number of sulfonamides is 1. The molecule has 36 heavy (non-hydrogen) atoms. The van der Waals surface area contributed by atoms with Crippen molar-refractivity contribution in [2.75, 3.05) is 18.5 Å². The molecule has 0 spiro atoms. The zero-order valence-corrected chi connectivity index (χ0v) is 20.0. The molecular formula is C26H22N2O7S. The highest BCUT2D eigenvalue weighted by Gasteiger charge is 2.48. The van der Waals surface area contributed by atoms with Crippen molar-refractivity contribution < 1.29 is 32.3 Å². The van der Waals surface area contributed by atoms with Gasteiger partial charge in [-0.15, -0.1) is 0 Å². The molecule has 0 aromatic heterocycles. The fourth-order valence-electron chi connectivity index (χ4n) is 3.91. The van der Waals surface area contributed by atoms with Crippen LogP contribution in [0.1, 0.15) is 38.0 Å². The molecule has 10 heteroatoms. The lowest BCUT2D eigenvalue weighted by atomic mass is 9.96. The van der Waals surface area contributed by atoms with Crippen molar-refractivity contribution in [3.05, 3.63) is 95.6 Å². The number of nitrogens with one attached hydrogen (secondary N) is 1. The summed E-state index contributed by atoms with van der Waals surface area (Å²) in [6, 6.07) is 17.6. The Morgan fingerprint density at radius 3 is 2.31 bits per heavy atom. The third kappa shape index (κ3) is 4.81. The van der Waals surface area contributed by atoms with Gasteiger partial charge in [0, 0.05) is 16.8 Å². The summed E-state index contributed by atoms with van der Waals surface area (Å²) in [6.45, 7) is 1.04. The van der Waals surface area contributed by atoms with Crippen LogP contribution in [0.25, 0.3) is 0 Å². The molecule has 3 aromatic rings. The van der Waals surface area contributed by atoms with Crippen LogP contribution >= 0.6 is 0 Å². The van der Waals surface area contributed by atoms with Crippen LogP contribution in [0.2, 0.25) is 0 Å². The Balaban J connectivity index is 1.67. The fourth-order valence-corrected chi connectivity index (χ4v) is 5.61. The lowest BCUT2D eigenvalue weighted by Gasteiger charge is -2.33. The smallest absolute Gasteiger partial charge is 0.338 e. The minimum Gasteiger partial charge on any atom is -0.462 e. The highest BCUT2D eigenvalue weighted by molar-refractivity contribution is 7.89. The van der Waals surface area contributed by atoms with Crippen LogP contribution in [0.4, 0.5) is 5.69 Å². The molecule has 0 radical (unpaired) electrons. The molecule has 0 bridgehead atoms. The summed E-state index contributed by atoms with van der Waals surface area (Å²) < 4.78 is 32.5. The van der Waals surface area contributed by atoms with Gasteiger partial charge in [-0.1, -0.05) is 48.5 Å². The highest BCUT2D eigenvalue weighted by Crippen LogP contribution is 2.31. The molecule has 1 unspecified atom stereocenters. The second-order valence-electron chi connectivity index (χ2n) is 7.89. The van der Waals surface area contributed by atoms with Crippen LogP contribution in [0.3, 0.4) is 0 Å². The maximum atomic E-state index is 13.5. The Hall–Kier alpha value is -4.15. The third-order valence-corrected chi connectivity index (χ3v) is 7.41. The number of amides is 1. The van der Waals surface area contributed by atoms with E-state index in [4.69, 9.17) is 4.74 Å². The number of benzene rings is 3. The molecule has 184 valence electrons. The van der Waals surface area contributed by atoms with E-state index in [-0.39, 0.29) is 33.9 Å². The summed E-state index contributed by atoms with van der Waals surface area (Å²) >= 11 is 0. The fraction of sp³-hybridized carbons (Fsp3) is 0.154. The molecule has 9 nitrogen and oxygen atoms in total. The number of esters is 1. The second-order valence-corrected chi connectivity index (χ2v) is 9.75. The van der Waals surface area contributed by atoms with E-state index < -0.39 is 46.1 Å². The topological polar surface area (TPSA) is 127 Å². The van der Waals surface area contributed by atoms with E-state index in [0.29, 0.717) is 4.31 Å². The predicted octanol–water partition coefficient (Wildman–Crippen LogP) is 2.94. The van der Waals surface area contributed by atoms with Crippen molar-refractivity contribution in [2.24, 2.45) is 0 Å². The van der Waals surface area contributed by atoms with E-state index in [1.54, 1.807) is 25.1 Å². The first kappa shape index (κ1) is 25.0. The van der Waals surface area contributed by atoms with Crippen LogP contribution in [0.15, 0.2) is 83.8 Å². The Kier molecular flexibility index (Phi) is 7.09. The van der Waals surface area contributed by atoms with Crippen LogP contribution in [0, 0.1) is 0 Å². The lowest BCUT2D eigenvalue weighted by molar-refractivity contribution is -0.116. The minimum atomic E-state index is -4.38. The number of ether oxygens (including phenoxy) is 1. The van der Waals surface area contributed by atoms with Gasteiger partial charge < -0.3 is 10.1 Å². The van der Waals surface area contributed by atoms with Crippen LogP contribution in [0.5, 0.6) is 0 Å². The summed E-state index contributed by atoms with van der Waals surface area (Å²) in [4.78, 5) is 51.3. The number of anilines is 1. The van der Waals surface area contributed by atoms with E-state index in [2.05, 4.69) is 5.32 Å². The number of rotatable bonds is 7. The van der Waals surface area contributed by atoms with Gasteiger partial charge in [0.25, 0.3) is 0 Å². The monoisotopic (exact) mass is 506 g/mol. The molecule has 1 aliphatic heterocycles. The molecule has 1 amide bonds. The van der Waals surface area contributed by atoms with Gasteiger partial charge in [-0.3, -0.25) is 14.4 Å². The Morgan fingerprint density at radius 2 is 1.58 bits per heavy atom. The number of hydrogen-bond donors (Lipinski definition) is 1. The molecular weight excluding hydrogens is 484 g/mol. The first-order valence-electron chi connectivity index (χ1n) is 11.1. The molecule has 1 atom stereocenters. The number of carbonyl (C=O) groups is 4. The predicted molar refractivity (Wildman–Crippen MR) is 130 cm³/mol. The average Bonchev–Trinajstić information content (AvgIpc) is 2.88. The van der Waals surface area contributed by atoms with Gasteiger partial charge in [-0.2, -0.15) is 4.31 Å². The van der Waals surface area contributed by atoms with Gasteiger partial charge >= 0.3 is 5.97 Å². The standard InChI is InChI=1S/C26H22N2O7S/c1-2-35-26(32)18-11-8-12-19(15-18)27-22(29)16-28-23(24(30)17-9-4-3-5-10-17)25(31)20-13-6-7-14-21(20)36(28,33)34/h3-15,23H,2,16H2,1H3,(H,27,29).